The maximum atomic E-state index is 3.77. The smallest absolute Gasteiger partial charge is 0.0206 e. The molecule has 1 N–H and O–H groups in total. The van der Waals surface area contributed by atoms with Crippen LogP contribution in [0.1, 0.15) is 66.2 Å². The van der Waals surface area contributed by atoms with Crippen molar-refractivity contribution in [3.8, 4) is 0 Å². The van der Waals surface area contributed by atoms with Gasteiger partial charge in [-0.3, -0.25) is 0 Å². The fraction of sp³-hybridized carbons (Fsp3) is 1.00. The highest BCUT2D eigenvalue weighted by molar-refractivity contribution is 7.99. The molecule has 2 atom stereocenters. The summed E-state index contributed by atoms with van der Waals surface area (Å²) >= 11 is 2.22. The molecule has 0 aromatic carbocycles. The molecule has 0 saturated heterocycles. The van der Waals surface area contributed by atoms with Crippen LogP contribution in [-0.4, -0.2) is 23.6 Å². The molecule has 0 radical (unpaired) electrons. The molecule has 2 unspecified atom stereocenters. The summed E-state index contributed by atoms with van der Waals surface area (Å²) in [6, 6.07) is 0.768. The van der Waals surface area contributed by atoms with Crippen molar-refractivity contribution in [1.29, 1.82) is 0 Å². The van der Waals surface area contributed by atoms with Gasteiger partial charge in [-0.1, -0.05) is 34.1 Å². The summed E-state index contributed by atoms with van der Waals surface area (Å²) in [6.07, 6.45) is 8.11. The van der Waals surface area contributed by atoms with Crippen molar-refractivity contribution in [3.05, 3.63) is 0 Å². The second kappa shape index (κ2) is 7.68. The topological polar surface area (TPSA) is 12.0 Å². The Bertz CT molecular complexity index is 203. The first-order valence-electron chi connectivity index (χ1n) is 7.44. The van der Waals surface area contributed by atoms with Crippen LogP contribution in [0.15, 0.2) is 0 Å². The molecule has 0 amide bonds. The number of nitrogens with one attached hydrogen (secondary N) is 1. The Morgan fingerprint density at radius 3 is 2.65 bits per heavy atom. The lowest BCUT2D eigenvalue weighted by Gasteiger charge is -2.41. The summed E-state index contributed by atoms with van der Waals surface area (Å²) in [4.78, 5) is 0. The van der Waals surface area contributed by atoms with Gasteiger partial charge in [0, 0.05) is 11.3 Å². The Hall–Kier alpha value is 0.310. The Balaban J connectivity index is 2.43. The summed E-state index contributed by atoms with van der Waals surface area (Å²) in [6.45, 7) is 10.6. The van der Waals surface area contributed by atoms with Crippen LogP contribution in [0.3, 0.4) is 0 Å². The normalized spacial score (nSPS) is 28.2. The van der Waals surface area contributed by atoms with Gasteiger partial charge in [-0.25, -0.2) is 0 Å². The summed E-state index contributed by atoms with van der Waals surface area (Å²) in [5.74, 6) is 1.35. The molecule has 1 aliphatic rings. The van der Waals surface area contributed by atoms with E-state index in [1.165, 1.54) is 50.8 Å². The van der Waals surface area contributed by atoms with Gasteiger partial charge in [0.2, 0.25) is 0 Å². The minimum Gasteiger partial charge on any atom is -0.313 e. The molecule has 0 spiro atoms. The number of unbranched alkanes of at least 4 members (excludes halogenated alkanes) is 1. The molecule has 102 valence electrons. The third kappa shape index (κ3) is 5.65. The molecular formula is C15H31NS. The standard InChI is InChI=1S/C15H31NS/c1-5-7-11-17-14-12-15(3,4)9-8-13(14)16-10-6-2/h13-14,16H,5-12H2,1-4H3. The first-order valence-corrected chi connectivity index (χ1v) is 8.49. The molecule has 1 rings (SSSR count). The Morgan fingerprint density at radius 1 is 1.24 bits per heavy atom. The van der Waals surface area contributed by atoms with Gasteiger partial charge in [-0.2, -0.15) is 11.8 Å². The van der Waals surface area contributed by atoms with Crippen LogP contribution in [0.25, 0.3) is 0 Å². The first-order chi connectivity index (χ1) is 8.09. The molecule has 0 aliphatic heterocycles. The molecular weight excluding hydrogens is 226 g/mol. The summed E-state index contributed by atoms with van der Waals surface area (Å²) in [5, 5.41) is 4.61. The van der Waals surface area contributed by atoms with E-state index < -0.39 is 0 Å². The van der Waals surface area contributed by atoms with Crippen LogP contribution in [-0.2, 0) is 0 Å². The Kier molecular flexibility index (Phi) is 6.94. The lowest BCUT2D eigenvalue weighted by Crippen LogP contribution is -2.45. The van der Waals surface area contributed by atoms with Crippen LogP contribution in [0, 0.1) is 5.41 Å². The van der Waals surface area contributed by atoms with Gasteiger partial charge in [0.15, 0.2) is 0 Å². The van der Waals surface area contributed by atoms with Crippen LogP contribution >= 0.6 is 11.8 Å². The van der Waals surface area contributed by atoms with Crippen molar-refractivity contribution < 1.29 is 0 Å². The summed E-state index contributed by atoms with van der Waals surface area (Å²) < 4.78 is 0. The van der Waals surface area contributed by atoms with Crippen molar-refractivity contribution >= 4 is 11.8 Å². The van der Waals surface area contributed by atoms with Gasteiger partial charge >= 0.3 is 0 Å². The van der Waals surface area contributed by atoms with E-state index >= 15 is 0 Å². The highest BCUT2D eigenvalue weighted by Gasteiger charge is 2.34. The molecule has 0 heterocycles. The summed E-state index contributed by atoms with van der Waals surface area (Å²) in [5.41, 5.74) is 0.564. The largest absolute Gasteiger partial charge is 0.313 e. The first kappa shape index (κ1) is 15.4. The van der Waals surface area contributed by atoms with Gasteiger partial charge in [-0.05, 0) is 49.8 Å². The number of hydrogen-bond acceptors (Lipinski definition) is 2. The third-order valence-corrected chi connectivity index (χ3v) is 5.27. The number of thioether (sulfide) groups is 1. The van der Waals surface area contributed by atoms with E-state index in [1.54, 1.807) is 0 Å². The highest BCUT2D eigenvalue weighted by atomic mass is 32.2. The van der Waals surface area contributed by atoms with Crippen LogP contribution in [0.4, 0.5) is 0 Å². The molecule has 1 saturated carbocycles. The van der Waals surface area contributed by atoms with Gasteiger partial charge in [0.25, 0.3) is 0 Å². The Labute approximate surface area is 113 Å². The Morgan fingerprint density at radius 2 is 2.00 bits per heavy atom. The monoisotopic (exact) mass is 257 g/mol. The average molecular weight is 257 g/mol. The van der Waals surface area contributed by atoms with Crippen molar-refractivity contribution in [3.63, 3.8) is 0 Å². The fourth-order valence-electron chi connectivity index (χ4n) is 2.64. The second-order valence-electron chi connectivity index (χ2n) is 6.23. The minimum atomic E-state index is 0.564. The van der Waals surface area contributed by atoms with Crippen LogP contribution in [0.5, 0.6) is 0 Å². The molecule has 1 aliphatic carbocycles. The second-order valence-corrected chi connectivity index (χ2v) is 7.58. The molecule has 0 bridgehead atoms. The van der Waals surface area contributed by atoms with E-state index in [-0.39, 0.29) is 0 Å². The maximum absolute atomic E-state index is 3.77. The summed E-state index contributed by atoms with van der Waals surface area (Å²) in [7, 11) is 0. The maximum Gasteiger partial charge on any atom is 0.0206 e. The molecule has 1 nitrogen and oxygen atoms in total. The van der Waals surface area contributed by atoms with E-state index in [2.05, 4.69) is 44.8 Å². The SMILES string of the molecule is CCCCSC1CC(C)(C)CCC1NCCC. The third-order valence-electron chi connectivity index (χ3n) is 3.82. The number of rotatable bonds is 7. The fourth-order valence-corrected chi connectivity index (χ4v) is 4.43. The zero-order valence-electron chi connectivity index (χ0n) is 12.2. The lowest BCUT2D eigenvalue weighted by atomic mass is 9.75. The average Bonchev–Trinajstić information content (AvgIpc) is 2.27. The lowest BCUT2D eigenvalue weighted by molar-refractivity contribution is 0.214. The molecule has 1 fully saturated rings. The highest BCUT2D eigenvalue weighted by Crippen LogP contribution is 2.40. The van der Waals surface area contributed by atoms with Gasteiger partial charge in [0.1, 0.15) is 0 Å². The quantitative estimate of drug-likeness (QED) is 0.676. The van der Waals surface area contributed by atoms with Gasteiger partial charge in [0.05, 0.1) is 0 Å². The van der Waals surface area contributed by atoms with Crippen molar-refractivity contribution in [2.45, 2.75) is 77.5 Å². The zero-order chi connectivity index (χ0) is 12.7. The van der Waals surface area contributed by atoms with Crippen molar-refractivity contribution in [2.24, 2.45) is 5.41 Å². The van der Waals surface area contributed by atoms with E-state index in [1.807, 2.05) is 0 Å². The molecule has 0 aromatic rings. The van der Waals surface area contributed by atoms with E-state index in [4.69, 9.17) is 0 Å². The zero-order valence-corrected chi connectivity index (χ0v) is 13.0. The van der Waals surface area contributed by atoms with Gasteiger partial charge < -0.3 is 5.32 Å². The number of hydrogen-bond donors (Lipinski definition) is 1. The van der Waals surface area contributed by atoms with E-state index in [0.717, 1.165) is 11.3 Å². The van der Waals surface area contributed by atoms with Gasteiger partial charge in [-0.15, -0.1) is 0 Å². The molecule has 17 heavy (non-hydrogen) atoms. The minimum absolute atomic E-state index is 0.564. The molecule has 2 heteroatoms. The van der Waals surface area contributed by atoms with E-state index in [9.17, 15) is 0 Å². The predicted molar refractivity (Wildman–Crippen MR) is 80.9 cm³/mol. The van der Waals surface area contributed by atoms with Crippen molar-refractivity contribution in [2.75, 3.05) is 12.3 Å². The predicted octanol–water partition coefficient (Wildman–Crippen LogP) is 4.47. The van der Waals surface area contributed by atoms with Crippen molar-refractivity contribution in [1.82, 2.24) is 5.32 Å². The van der Waals surface area contributed by atoms with E-state index in [0.29, 0.717) is 5.41 Å². The van der Waals surface area contributed by atoms with Crippen LogP contribution < -0.4 is 5.32 Å². The molecule has 0 aromatic heterocycles. The van der Waals surface area contributed by atoms with Crippen LogP contribution in [0.2, 0.25) is 0 Å².